The second-order valence-corrected chi connectivity index (χ2v) is 8.87. The predicted octanol–water partition coefficient (Wildman–Crippen LogP) is 3.85. The minimum absolute atomic E-state index is 0.0189. The SMILES string of the molecule is CSCc1nc2ccccc2n1CC(=O)NCc1ccc(N2CCC(C)CC2)nc1. The molecule has 158 valence electrons. The molecule has 1 fully saturated rings. The summed E-state index contributed by atoms with van der Waals surface area (Å²) in [6.45, 7) is 5.21. The normalized spacial score (nSPS) is 14.9. The maximum Gasteiger partial charge on any atom is 0.240 e. The lowest BCUT2D eigenvalue weighted by Crippen LogP contribution is -2.33. The lowest BCUT2D eigenvalue weighted by molar-refractivity contribution is -0.121. The van der Waals surface area contributed by atoms with E-state index in [1.807, 2.05) is 41.3 Å². The van der Waals surface area contributed by atoms with Crippen LogP contribution in [0, 0.1) is 5.92 Å². The van der Waals surface area contributed by atoms with Crippen molar-refractivity contribution < 1.29 is 4.79 Å². The molecule has 1 aliphatic heterocycles. The molecule has 6 nitrogen and oxygen atoms in total. The molecule has 30 heavy (non-hydrogen) atoms. The van der Waals surface area contributed by atoms with E-state index in [0.29, 0.717) is 6.54 Å². The van der Waals surface area contributed by atoms with Gasteiger partial charge in [-0.25, -0.2) is 9.97 Å². The summed E-state index contributed by atoms with van der Waals surface area (Å²) in [5, 5.41) is 3.03. The van der Waals surface area contributed by atoms with Gasteiger partial charge in [-0.15, -0.1) is 0 Å². The molecule has 1 saturated heterocycles. The summed E-state index contributed by atoms with van der Waals surface area (Å²) in [6.07, 6.45) is 6.37. The minimum Gasteiger partial charge on any atom is -0.357 e. The van der Waals surface area contributed by atoms with Gasteiger partial charge in [0, 0.05) is 25.8 Å². The zero-order valence-corrected chi connectivity index (χ0v) is 18.5. The van der Waals surface area contributed by atoms with Crippen molar-refractivity contribution in [3.63, 3.8) is 0 Å². The highest BCUT2D eigenvalue weighted by molar-refractivity contribution is 7.97. The van der Waals surface area contributed by atoms with E-state index in [4.69, 9.17) is 0 Å². The fourth-order valence-electron chi connectivity index (χ4n) is 3.89. The second kappa shape index (κ2) is 9.51. The van der Waals surface area contributed by atoms with Gasteiger partial charge in [0.25, 0.3) is 0 Å². The monoisotopic (exact) mass is 423 g/mol. The number of imidazole rings is 1. The third kappa shape index (κ3) is 4.78. The quantitative estimate of drug-likeness (QED) is 0.625. The Morgan fingerprint density at radius 2 is 2.00 bits per heavy atom. The Labute approximate surface area is 182 Å². The number of pyridine rings is 1. The smallest absolute Gasteiger partial charge is 0.240 e. The van der Waals surface area contributed by atoms with Gasteiger partial charge in [-0.05, 0) is 48.8 Å². The van der Waals surface area contributed by atoms with Gasteiger partial charge in [0.05, 0.1) is 16.8 Å². The van der Waals surface area contributed by atoms with E-state index in [2.05, 4.69) is 39.2 Å². The number of hydrogen-bond acceptors (Lipinski definition) is 5. The van der Waals surface area contributed by atoms with Crippen LogP contribution in [0.4, 0.5) is 5.82 Å². The molecule has 4 rings (SSSR count). The van der Waals surface area contributed by atoms with E-state index >= 15 is 0 Å². The van der Waals surface area contributed by atoms with Crippen molar-refractivity contribution in [2.75, 3.05) is 24.2 Å². The van der Waals surface area contributed by atoms with Crippen molar-refractivity contribution in [2.45, 2.75) is 38.6 Å². The van der Waals surface area contributed by atoms with E-state index in [1.165, 1.54) is 12.8 Å². The van der Waals surface area contributed by atoms with Gasteiger partial charge in [-0.2, -0.15) is 11.8 Å². The first-order chi connectivity index (χ1) is 14.6. The Kier molecular flexibility index (Phi) is 6.57. The fourth-order valence-corrected chi connectivity index (χ4v) is 4.37. The molecular formula is C23H29N5OS. The third-order valence-electron chi connectivity index (χ3n) is 5.72. The molecule has 2 aromatic heterocycles. The summed E-state index contributed by atoms with van der Waals surface area (Å²) < 4.78 is 2.01. The van der Waals surface area contributed by atoms with Crippen molar-refractivity contribution in [3.8, 4) is 0 Å². The van der Waals surface area contributed by atoms with Crippen LogP contribution >= 0.6 is 11.8 Å². The number of anilines is 1. The Hall–Kier alpha value is -2.54. The Morgan fingerprint density at radius 1 is 1.20 bits per heavy atom. The van der Waals surface area contributed by atoms with Gasteiger partial charge in [-0.1, -0.05) is 25.1 Å². The number of nitrogens with zero attached hydrogens (tertiary/aromatic N) is 4. The first-order valence-electron chi connectivity index (χ1n) is 10.5. The predicted molar refractivity (Wildman–Crippen MR) is 124 cm³/mol. The van der Waals surface area contributed by atoms with Crippen LogP contribution in [0.2, 0.25) is 0 Å². The van der Waals surface area contributed by atoms with E-state index < -0.39 is 0 Å². The molecule has 1 amide bonds. The first-order valence-corrected chi connectivity index (χ1v) is 11.9. The van der Waals surface area contributed by atoms with Gasteiger partial charge in [0.2, 0.25) is 5.91 Å². The molecule has 3 aromatic rings. The van der Waals surface area contributed by atoms with E-state index in [-0.39, 0.29) is 12.5 Å². The summed E-state index contributed by atoms with van der Waals surface area (Å²) in [5.41, 5.74) is 2.94. The summed E-state index contributed by atoms with van der Waals surface area (Å²) in [4.78, 5) is 24.3. The lowest BCUT2D eigenvalue weighted by Gasteiger charge is -2.31. The largest absolute Gasteiger partial charge is 0.357 e. The van der Waals surface area contributed by atoms with Crippen LogP contribution in [0.15, 0.2) is 42.6 Å². The molecule has 3 heterocycles. The number of para-hydroxylation sites is 2. The van der Waals surface area contributed by atoms with Crippen LogP contribution in [0.25, 0.3) is 11.0 Å². The Bertz CT molecular complexity index is 993. The molecular weight excluding hydrogens is 394 g/mol. The number of benzene rings is 1. The van der Waals surface area contributed by atoms with Crippen LogP contribution < -0.4 is 10.2 Å². The highest BCUT2D eigenvalue weighted by Gasteiger charge is 2.17. The molecule has 0 spiro atoms. The first kappa shape index (κ1) is 20.7. The highest BCUT2D eigenvalue weighted by atomic mass is 32.2. The maximum absolute atomic E-state index is 12.6. The molecule has 0 bridgehead atoms. The van der Waals surface area contributed by atoms with Gasteiger partial charge in [0.15, 0.2) is 0 Å². The number of carbonyl (C=O) groups excluding carboxylic acids is 1. The summed E-state index contributed by atoms with van der Waals surface area (Å²) in [6, 6.07) is 12.1. The molecule has 0 unspecified atom stereocenters. The van der Waals surface area contributed by atoms with Crippen LogP contribution in [-0.2, 0) is 23.6 Å². The average molecular weight is 424 g/mol. The highest BCUT2D eigenvalue weighted by Crippen LogP contribution is 2.21. The standard InChI is InChI=1S/C23H29N5OS/c1-17-9-11-27(12-10-17)21-8-7-18(13-24-21)14-25-23(29)15-28-20-6-4-3-5-19(20)26-22(28)16-30-2/h3-8,13,17H,9-12,14-16H2,1-2H3,(H,25,29). The second-order valence-electron chi connectivity index (χ2n) is 8.01. The van der Waals surface area contributed by atoms with Gasteiger partial charge < -0.3 is 14.8 Å². The number of thioether (sulfide) groups is 1. The zero-order valence-electron chi connectivity index (χ0n) is 17.7. The lowest BCUT2D eigenvalue weighted by atomic mass is 9.99. The van der Waals surface area contributed by atoms with Crippen molar-refractivity contribution in [1.29, 1.82) is 0 Å². The number of rotatable bonds is 7. The number of fused-ring (bicyclic) bond motifs is 1. The summed E-state index contributed by atoms with van der Waals surface area (Å²) >= 11 is 1.71. The van der Waals surface area contributed by atoms with Crippen LogP contribution in [-0.4, -0.2) is 39.8 Å². The number of nitrogens with one attached hydrogen (secondary N) is 1. The minimum atomic E-state index is -0.0189. The topological polar surface area (TPSA) is 63.1 Å². The number of piperidine rings is 1. The van der Waals surface area contributed by atoms with Crippen molar-refractivity contribution >= 4 is 34.5 Å². The van der Waals surface area contributed by atoms with Crippen LogP contribution in [0.1, 0.15) is 31.2 Å². The molecule has 0 saturated carbocycles. The van der Waals surface area contributed by atoms with Gasteiger partial charge in [0.1, 0.15) is 18.2 Å². The fraction of sp³-hybridized carbons (Fsp3) is 0.435. The van der Waals surface area contributed by atoms with Gasteiger partial charge in [-0.3, -0.25) is 4.79 Å². The molecule has 0 radical (unpaired) electrons. The number of aromatic nitrogens is 3. The van der Waals surface area contributed by atoms with Crippen molar-refractivity contribution in [3.05, 3.63) is 54.0 Å². The van der Waals surface area contributed by atoms with Crippen LogP contribution in [0.5, 0.6) is 0 Å². The van der Waals surface area contributed by atoms with Crippen LogP contribution in [0.3, 0.4) is 0 Å². The third-order valence-corrected chi connectivity index (χ3v) is 6.26. The molecule has 0 aliphatic carbocycles. The summed E-state index contributed by atoms with van der Waals surface area (Å²) in [5.74, 6) is 3.53. The van der Waals surface area contributed by atoms with E-state index in [1.54, 1.807) is 11.8 Å². The molecule has 1 aliphatic rings. The number of carbonyl (C=O) groups is 1. The van der Waals surface area contributed by atoms with Gasteiger partial charge >= 0.3 is 0 Å². The Morgan fingerprint density at radius 3 is 2.73 bits per heavy atom. The number of hydrogen-bond donors (Lipinski definition) is 1. The van der Waals surface area contributed by atoms with E-state index in [0.717, 1.165) is 53.0 Å². The zero-order chi connectivity index (χ0) is 20.9. The van der Waals surface area contributed by atoms with Crippen molar-refractivity contribution in [1.82, 2.24) is 19.9 Å². The molecule has 7 heteroatoms. The molecule has 1 N–H and O–H groups in total. The summed E-state index contributed by atoms with van der Waals surface area (Å²) in [7, 11) is 0. The van der Waals surface area contributed by atoms with E-state index in [9.17, 15) is 4.79 Å². The molecule has 1 aromatic carbocycles. The molecule has 0 atom stereocenters. The maximum atomic E-state index is 12.6. The Balaban J connectivity index is 1.36. The average Bonchev–Trinajstić information content (AvgIpc) is 3.11. The number of amides is 1. The van der Waals surface area contributed by atoms with Crippen molar-refractivity contribution in [2.24, 2.45) is 5.92 Å².